The fourth-order valence-electron chi connectivity index (χ4n) is 3.53. The van der Waals surface area contributed by atoms with Crippen LogP contribution in [0.2, 0.25) is 0 Å². The van der Waals surface area contributed by atoms with E-state index in [9.17, 15) is 18.3 Å². The summed E-state index contributed by atoms with van der Waals surface area (Å²) >= 11 is 0. The second-order valence-electron chi connectivity index (χ2n) is 7.31. The maximum atomic E-state index is 13.1. The van der Waals surface area contributed by atoms with Gasteiger partial charge in [0.2, 0.25) is 5.95 Å². The molecule has 0 atom stereocenters. The number of hydrogen-bond acceptors (Lipinski definition) is 6. The number of aromatic carboxylic acids is 1. The van der Waals surface area contributed by atoms with Gasteiger partial charge in [-0.3, -0.25) is 4.72 Å². The second-order valence-corrected chi connectivity index (χ2v) is 8.96. The maximum Gasteiger partial charge on any atom is 0.335 e. The number of nitrogens with one attached hydrogen (secondary N) is 1. The van der Waals surface area contributed by atoms with Gasteiger partial charge in [-0.25, -0.2) is 17.9 Å². The van der Waals surface area contributed by atoms with Crippen molar-refractivity contribution in [2.45, 2.75) is 24.2 Å². The molecule has 0 aliphatic heterocycles. The van der Waals surface area contributed by atoms with E-state index in [-0.39, 0.29) is 10.5 Å². The van der Waals surface area contributed by atoms with Crippen molar-refractivity contribution in [2.75, 3.05) is 23.7 Å². The number of benzene rings is 2. The van der Waals surface area contributed by atoms with Crippen molar-refractivity contribution in [3.63, 3.8) is 0 Å². The van der Waals surface area contributed by atoms with Gasteiger partial charge < -0.3 is 10.0 Å². The standard InChI is InChI=1S/C20H21N5O4S/c1-24(2)20-21-12-25(22-20)16-7-4-6-15(11-16)23-30(28,29)18-10-14(19(26)27)9-13-5-3-8-17(13)18/h4,6-7,9-12,23H,3,5,8H2,1-2H3,(H,26,27). The summed E-state index contributed by atoms with van der Waals surface area (Å²) in [7, 11) is -0.314. The smallest absolute Gasteiger partial charge is 0.335 e. The third kappa shape index (κ3) is 3.73. The first-order valence-corrected chi connectivity index (χ1v) is 10.8. The van der Waals surface area contributed by atoms with Crippen molar-refractivity contribution in [1.82, 2.24) is 14.8 Å². The van der Waals surface area contributed by atoms with E-state index in [1.165, 1.54) is 6.07 Å². The molecule has 9 nitrogen and oxygen atoms in total. The van der Waals surface area contributed by atoms with Crippen LogP contribution in [0.3, 0.4) is 0 Å². The van der Waals surface area contributed by atoms with Crippen LogP contribution in [0.1, 0.15) is 27.9 Å². The minimum atomic E-state index is -3.97. The molecule has 1 heterocycles. The summed E-state index contributed by atoms with van der Waals surface area (Å²) in [5.41, 5.74) is 2.43. The topological polar surface area (TPSA) is 117 Å². The zero-order valence-corrected chi connectivity index (χ0v) is 17.3. The van der Waals surface area contributed by atoms with E-state index < -0.39 is 16.0 Å². The molecule has 4 rings (SSSR count). The number of carbonyl (C=O) groups is 1. The van der Waals surface area contributed by atoms with Crippen LogP contribution >= 0.6 is 0 Å². The first kappa shape index (κ1) is 19.9. The number of carboxylic acid groups (broad SMARTS) is 1. The Bertz CT molecular complexity index is 1230. The number of aromatic nitrogens is 3. The average Bonchev–Trinajstić information content (AvgIpc) is 3.36. The van der Waals surface area contributed by atoms with Crippen LogP contribution < -0.4 is 9.62 Å². The Morgan fingerprint density at radius 3 is 2.70 bits per heavy atom. The highest BCUT2D eigenvalue weighted by Crippen LogP contribution is 2.31. The first-order valence-electron chi connectivity index (χ1n) is 9.36. The largest absolute Gasteiger partial charge is 0.478 e. The molecular weight excluding hydrogens is 406 g/mol. The summed E-state index contributed by atoms with van der Waals surface area (Å²) < 4.78 is 30.4. The van der Waals surface area contributed by atoms with E-state index in [1.54, 1.807) is 46.2 Å². The number of fused-ring (bicyclic) bond motifs is 1. The molecule has 2 N–H and O–H groups in total. The molecule has 0 radical (unpaired) electrons. The van der Waals surface area contributed by atoms with Gasteiger partial charge in [-0.05, 0) is 60.7 Å². The van der Waals surface area contributed by atoms with Crippen LogP contribution in [0, 0.1) is 0 Å². The highest BCUT2D eigenvalue weighted by Gasteiger charge is 2.26. The molecular formula is C20H21N5O4S. The lowest BCUT2D eigenvalue weighted by molar-refractivity contribution is 0.0696. The van der Waals surface area contributed by atoms with Crippen molar-refractivity contribution in [3.8, 4) is 5.69 Å². The van der Waals surface area contributed by atoms with Crippen LogP contribution in [0.4, 0.5) is 11.6 Å². The van der Waals surface area contributed by atoms with Crippen LogP contribution in [-0.4, -0.2) is 48.4 Å². The fourth-order valence-corrected chi connectivity index (χ4v) is 4.92. The molecule has 0 bridgehead atoms. The van der Waals surface area contributed by atoms with E-state index in [0.29, 0.717) is 35.7 Å². The van der Waals surface area contributed by atoms with Crippen molar-refractivity contribution in [1.29, 1.82) is 0 Å². The van der Waals surface area contributed by atoms with Crippen LogP contribution in [0.25, 0.3) is 5.69 Å². The normalized spacial score (nSPS) is 13.1. The van der Waals surface area contributed by atoms with Gasteiger partial charge in [0.05, 0.1) is 21.8 Å². The van der Waals surface area contributed by atoms with Crippen molar-refractivity contribution in [3.05, 3.63) is 59.4 Å². The van der Waals surface area contributed by atoms with Gasteiger partial charge in [0.15, 0.2) is 0 Å². The van der Waals surface area contributed by atoms with Crippen molar-refractivity contribution in [2.24, 2.45) is 0 Å². The molecule has 3 aromatic rings. The van der Waals surface area contributed by atoms with Crippen LogP contribution in [-0.2, 0) is 22.9 Å². The van der Waals surface area contributed by atoms with E-state index in [4.69, 9.17) is 0 Å². The lowest BCUT2D eigenvalue weighted by atomic mass is 10.1. The van der Waals surface area contributed by atoms with Gasteiger partial charge in [-0.15, -0.1) is 5.10 Å². The highest BCUT2D eigenvalue weighted by atomic mass is 32.2. The molecule has 0 saturated carbocycles. The van der Waals surface area contributed by atoms with Crippen LogP contribution in [0.5, 0.6) is 0 Å². The molecule has 156 valence electrons. The monoisotopic (exact) mass is 427 g/mol. The Morgan fingerprint density at radius 1 is 1.20 bits per heavy atom. The molecule has 0 unspecified atom stereocenters. The summed E-state index contributed by atoms with van der Waals surface area (Å²) in [4.78, 5) is 17.4. The summed E-state index contributed by atoms with van der Waals surface area (Å²) in [6, 6.07) is 9.58. The van der Waals surface area contributed by atoms with E-state index in [1.807, 2.05) is 14.1 Å². The number of anilines is 2. The van der Waals surface area contributed by atoms with Gasteiger partial charge in [-0.1, -0.05) is 6.07 Å². The number of aryl methyl sites for hydroxylation is 1. The Balaban J connectivity index is 1.69. The van der Waals surface area contributed by atoms with Gasteiger partial charge in [-0.2, -0.15) is 4.98 Å². The minimum Gasteiger partial charge on any atom is -0.478 e. The number of nitrogens with zero attached hydrogens (tertiary/aromatic N) is 4. The zero-order valence-electron chi connectivity index (χ0n) is 16.5. The molecule has 1 aromatic heterocycles. The molecule has 0 spiro atoms. The first-order chi connectivity index (χ1) is 14.2. The van der Waals surface area contributed by atoms with E-state index in [0.717, 1.165) is 12.0 Å². The Hall–Kier alpha value is -3.40. The number of sulfonamides is 1. The van der Waals surface area contributed by atoms with Gasteiger partial charge in [0.1, 0.15) is 6.33 Å². The summed E-state index contributed by atoms with van der Waals surface area (Å²) in [6.07, 6.45) is 3.63. The van der Waals surface area contributed by atoms with Gasteiger partial charge in [0.25, 0.3) is 10.0 Å². The molecule has 0 amide bonds. The molecule has 0 saturated heterocycles. The van der Waals surface area contributed by atoms with Crippen LogP contribution in [0.15, 0.2) is 47.6 Å². The lowest BCUT2D eigenvalue weighted by Gasteiger charge is -2.14. The predicted octanol–water partition coefficient (Wildman–Crippen LogP) is 2.32. The third-order valence-electron chi connectivity index (χ3n) is 4.95. The third-order valence-corrected chi connectivity index (χ3v) is 6.40. The lowest BCUT2D eigenvalue weighted by Crippen LogP contribution is -2.16. The molecule has 1 aliphatic carbocycles. The molecule has 10 heteroatoms. The van der Waals surface area contributed by atoms with E-state index >= 15 is 0 Å². The van der Waals surface area contributed by atoms with Gasteiger partial charge >= 0.3 is 5.97 Å². The number of rotatable bonds is 6. The molecule has 30 heavy (non-hydrogen) atoms. The molecule has 1 aliphatic rings. The Labute approximate surface area is 174 Å². The Morgan fingerprint density at radius 2 is 2.00 bits per heavy atom. The molecule has 2 aromatic carbocycles. The SMILES string of the molecule is CN(C)c1ncn(-c2cccc(NS(=O)(=O)c3cc(C(=O)O)cc4c3CCC4)c2)n1. The number of hydrogen-bond donors (Lipinski definition) is 2. The van der Waals surface area contributed by atoms with Gasteiger partial charge in [0, 0.05) is 14.1 Å². The summed E-state index contributed by atoms with van der Waals surface area (Å²) in [5.74, 6) is -0.618. The molecule has 0 fully saturated rings. The number of carboxylic acids is 1. The average molecular weight is 427 g/mol. The summed E-state index contributed by atoms with van der Waals surface area (Å²) in [5, 5.41) is 13.7. The minimum absolute atomic E-state index is 0.0240. The van der Waals surface area contributed by atoms with Crippen molar-refractivity contribution < 1.29 is 18.3 Å². The Kier molecular flexibility index (Phi) is 4.94. The predicted molar refractivity (Wildman–Crippen MR) is 112 cm³/mol. The zero-order chi connectivity index (χ0) is 21.5. The van der Waals surface area contributed by atoms with Crippen molar-refractivity contribution >= 4 is 27.6 Å². The summed E-state index contributed by atoms with van der Waals surface area (Å²) in [6.45, 7) is 0. The van der Waals surface area contributed by atoms with E-state index in [2.05, 4.69) is 14.8 Å². The quantitative estimate of drug-likeness (QED) is 0.620. The highest BCUT2D eigenvalue weighted by molar-refractivity contribution is 7.92. The fraction of sp³-hybridized carbons (Fsp3) is 0.250. The maximum absolute atomic E-state index is 13.1. The second kappa shape index (κ2) is 7.45.